The van der Waals surface area contributed by atoms with Crippen LogP contribution >= 0.6 is 0 Å². The van der Waals surface area contributed by atoms with Gasteiger partial charge in [0.1, 0.15) is 16.4 Å². The first-order chi connectivity index (χ1) is 9.45. The largest absolute Gasteiger partial charge is 0.465 e. The van der Waals surface area contributed by atoms with Gasteiger partial charge in [-0.3, -0.25) is 0 Å². The highest BCUT2D eigenvalue weighted by Gasteiger charge is 2.27. The predicted molar refractivity (Wildman–Crippen MR) is 72.8 cm³/mol. The highest BCUT2D eigenvalue weighted by molar-refractivity contribution is 7.89. The number of ether oxygens (including phenoxy) is 1. The van der Waals surface area contributed by atoms with Crippen molar-refractivity contribution in [3.63, 3.8) is 0 Å². The third kappa shape index (κ3) is 3.22. The Morgan fingerprint density at radius 1 is 1.25 bits per heavy atom. The van der Waals surface area contributed by atoms with Gasteiger partial charge in [-0.25, -0.2) is 13.1 Å². The lowest BCUT2D eigenvalue weighted by atomic mass is 10.0. The molecule has 0 unspecified atom stereocenters. The van der Waals surface area contributed by atoms with Gasteiger partial charge in [0.15, 0.2) is 0 Å². The number of aliphatic hydroxyl groups is 1. The summed E-state index contributed by atoms with van der Waals surface area (Å²) in [5.41, 5.74) is 0.335. The summed E-state index contributed by atoms with van der Waals surface area (Å²) in [6.07, 6.45) is 1.72. The van der Waals surface area contributed by atoms with E-state index < -0.39 is 10.0 Å². The van der Waals surface area contributed by atoms with Gasteiger partial charge in [0, 0.05) is 25.3 Å². The Labute approximate surface area is 119 Å². The number of furan rings is 1. The first-order valence-corrected chi connectivity index (χ1v) is 8.21. The zero-order chi connectivity index (χ0) is 14.8. The normalized spacial score (nSPS) is 17.6. The van der Waals surface area contributed by atoms with Crippen LogP contribution in [-0.2, 0) is 21.4 Å². The lowest BCUT2D eigenvalue weighted by Crippen LogP contribution is -2.32. The number of sulfonamides is 1. The van der Waals surface area contributed by atoms with E-state index in [1.807, 2.05) is 0 Å². The molecule has 6 nitrogen and oxygen atoms in total. The number of aryl methyl sites for hydroxylation is 2. The Morgan fingerprint density at radius 2 is 1.90 bits per heavy atom. The van der Waals surface area contributed by atoms with Crippen molar-refractivity contribution < 1.29 is 22.7 Å². The van der Waals surface area contributed by atoms with E-state index in [-0.39, 0.29) is 11.5 Å². The first-order valence-electron chi connectivity index (χ1n) is 6.73. The summed E-state index contributed by atoms with van der Waals surface area (Å²) in [7, 11) is -3.66. The fraction of sp³-hybridized carbons (Fsp3) is 0.692. The summed E-state index contributed by atoms with van der Waals surface area (Å²) >= 11 is 0. The van der Waals surface area contributed by atoms with Crippen LogP contribution < -0.4 is 4.72 Å². The number of aliphatic hydroxyl groups excluding tert-OH is 1. The van der Waals surface area contributed by atoms with E-state index in [4.69, 9.17) is 9.15 Å². The van der Waals surface area contributed by atoms with Crippen molar-refractivity contribution in [3.8, 4) is 0 Å². The van der Waals surface area contributed by atoms with Gasteiger partial charge in [-0.05, 0) is 32.6 Å². The van der Waals surface area contributed by atoms with E-state index in [2.05, 4.69) is 4.72 Å². The van der Waals surface area contributed by atoms with Crippen molar-refractivity contribution in [1.29, 1.82) is 0 Å². The molecule has 0 radical (unpaired) electrons. The number of hydrogen-bond acceptors (Lipinski definition) is 5. The molecule has 0 aliphatic carbocycles. The summed E-state index contributed by atoms with van der Waals surface area (Å²) in [6, 6.07) is 0. The molecule has 0 bridgehead atoms. The second kappa shape index (κ2) is 6.26. The fourth-order valence-corrected chi connectivity index (χ4v) is 4.05. The molecule has 1 saturated heterocycles. The molecule has 0 spiro atoms. The highest BCUT2D eigenvalue weighted by atomic mass is 32.2. The standard InChI is InChI=1S/C13H21NO5S/c1-9-12(8-15)13(10(2)19-9)20(16,17)14-7-11-3-5-18-6-4-11/h11,14-15H,3-8H2,1-2H3. The van der Waals surface area contributed by atoms with Crippen LogP contribution in [0.25, 0.3) is 0 Å². The van der Waals surface area contributed by atoms with E-state index in [1.54, 1.807) is 13.8 Å². The van der Waals surface area contributed by atoms with E-state index >= 15 is 0 Å². The molecular formula is C13H21NO5S. The number of hydrogen-bond donors (Lipinski definition) is 2. The zero-order valence-corrected chi connectivity index (χ0v) is 12.6. The quantitative estimate of drug-likeness (QED) is 0.850. The van der Waals surface area contributed by atoms with Crippen LogP contribution in [0.4, 0.5) is 0 Å². The van der Waals surface area contributed by atoms with Gasteiger partial charge < -0.3 is 14.3 Å². The average molecular weight is 303 g/mol. The van der Waals surface area contributed by atoms with Crippen molar-refractivity contribution in [3.05, 3.63) is 17.1 Å². The van der Waals surface area contributed by atoms with Gasteiger partial charge >= 0.3 is 0 Å². The second-order valence-electron chi connectivity index (χ2n) is 5.09. The van der Waals surface area contributed by atoms with E-state index in [0.717, 1.165) is 12.8 Å². The lowest BCUT2D eigenvalue weighted by molar-refractivity contribution is 0.0678. The van der Waals surface area contributed by atoms with Gasteiger partial charge in [0.25, 0.3) is 0 Å². The third-order valence-corrected chi connectivity index (χ3v) is 5.27. The molecule has 0 amide bonds. The monoisotopic (exact) mass is 303 g/mol. The molecule has 114 valence electrons. The van der Waals surface area contributed by atoms with Crippen molar-refractivity contribution in [2.45, 2.75) is 38.2 Å². The topological polar surface area (TPSA) is 88.8 Å². The van der Waals surface area contributed by atoms with Crippen LogP contribution in [0.15, 0.2) is 9.31 Å². The Hall–Kier alpha value is -0.890. The minimum atomic E-state index is -3.66. The second-order valence-corrected chi connectivity index (χ2v) is 6.79. The summed E-state index contributed by atoms with van der Waals surface area (Å²) in [4.78, 5) is 0.0737. The van der Waals surface area contributed by atoms with Gasteiger partial charge in [-0.15, -0.1) is 0 Å². The highest BCUT2D eigenvalue weighted by Crippen LogP contribution is 2.26. The van der Waals surface area contributed by atoms with Crippen LogP contribution in [0.3, 0.4) is 0 Å². The molecule has 1 aliphatic heterocycles. The van der Waals surface area contributed by atoms with Crippen LogP contribution in [0.1, 0.15) is 29.9 Å². The Balaban J connectivity index is 2.13. The van der Waals surface area contributed by atoms with Gasteiger partial charge in [-0.1, -0.05) is 0 Å². The third-order valence-electron chi connectivity index (χ3n) is 3.65. The Morgan fingerprint density at radius 3 is 2.50 bits per heavy atom. The SMILES string of the molecule is Cc1oc(C)c(S(=O)(=O)NCC2CCOCC2)c1CO. The minimum absolute atomic E-state index is 0.0737. The van der Waals surface area contributed by atoms with Gasteiger partial charge in [0.05, 0.1) is 6.61 Å². The van der Waals surface area contributed by atoms with Gasteiger partial charge in [-0.2, -0.15) is 0 Å². The summed E-state index contributed by atoms with van der Waals surface area (Å²) in [5, 5.41) is 9.32. The Bertz CT molecular complexity index is 558. The smallest absolute Gasteiger partial charge is 0.244 e. The zero-order valence-electron chi connectivity index (χ0n) is 11.8. The van der Waals surface area contributed by atoms with Crippen LogP contribution in [-0.4, -0.2) is 33.3 Å². The molecule has 1 fully saturated rings. The molecule has 2 rings (SSSR count). The number of nitrogens with one attached hydrogen (secondary N) is 1. The molecule has 1 aromatic heterocycles. The summed E-state index contributed by atoms with van der Waals surface area (Å²) in [6.45, 7) is 4.64. The summed E-state index contributed by atoms with van der Waals surface area (Å²) in [5.74, 6) is 1.05. The molecule has 2 heterocycles. The van der Waals surface area contributed by atoms with Gasteiger partial charge in [0.2, 0.25) is 10.0 Å². The maximum absolute atomic E-state index is 12.4. The maximum atomic E-state index is 12.4. The molecule has 20 heavy (non-hydrogen) atoms. The molecule has 2 N–H and O–H groups in total. The predicted octanol–water partition coefficient (Wildman–Crippen LogP) is 1.09. The van der Waals surface area contributed by atoms with E-state index in [9.17, 15) is 13.5 Å². The summed E-state index contributed by atoms with van der Waals surface area (Å²) < 4.78 is 37.9. The minimum Gasteiger partial charge on any atom is -0.465 e. The van der Waals surface area contributed by atoms with Crippen molar-refractivity contribution in [2.24, 2.45) is 5.92 Å². The number of rotatable bonds is 5. The maximum Gasteiger partial charge on any atom is 0.244 e. The van der Waals surface area contributed by atoms with Crippen molar-refractivity contribution in [2.75, 3.05) is 19.8 Å². The van der Waals surface area contributed by atoms with Crippen LogP contribution in [0.2, 0.25) is 0 Å². The molecule has 0 atom stereocenters. The molecule has 7 heteroatoms. The lowest BCUT2D eigenvalue weighted by Gasteiger charge is -2.22. The molecule has 1 aliphatic rings. The van der Waals surface area contributed by atoms with E-state index in [0.29, 0.717) is 42.8 Å². The average Bonchev–Trinajstić information content (AvgIpc) is 2.72. The Kier molecular flexibility index (Phi) is 4.85. The first kappa shape index (κ1) is 15.5. The van der Waals surface area contributed by atoms with Crippen LogP contribution in [0, 0.1) is 19.8 Å². The molecule has 0 saturated carbocycles. The molecule has 1 aromatic rings. The fourth-order valence-electron chi connectivity index (χ4n) is 2.49. The van der Waals surface area contributed by atoms with E-state index in [1.165, 1.54) is 0 Å². The van der Waals surface area contributed by atoms with Crippen molar-refractivity contribution >= 4 is 10.0 Å². The molecular weight excluding hydrogens is 282 g/mol. The van der Waals surface area contributed by atoms with Crippen LogP contribution in [0.5, 0.6) is 0 Å². The molecule has 0 aromatic carbocycles. The van der Waals surface area contributed by atoms with Crippen molar-refractivity contribution in [1.82, 2.24) is 4.72 Å².